The zero-order valence-electron chi connectivity index (χ0n) is 13.7. The second-order valence-electron chi connectivity index (χ2n) is 5.45. The van der Waals surface area contributed by atoms with Crippen molar-refractivity contribution >= 4 is 21.7 Å². The van der Waals surface area contributed by atoms with Gasteiger partial charge in [0, 0.05) is 31.5 Å². The molecular weight excluding hydrogens is 316 g/mol. The summed E-state index contributed by atoms with van der Waals surface area (Å²) in [7, 11) is -1.34. The standard InChI is InChI=1S/C15H24N4O3S/c1-11(7-8-23(3,21)22)19-15(17-2)18-10-12-5-4-6-13(9-12)14(16)20/h4-6,9,11H,7-8,10H2,1-3H3,(H2,16,20)(H2,17,18,19). The van der Waals surface area contributed by atoms with Crippen LogP contribution in [0.5, 0.6) is 0 Å². The number of carbonyl (C=O) groups excluding carboxylic acids is 1. The lowest BCUT2D eigenvalue weighted by Crippen LogP contribution is -2.42. The molecule has 0 aliphatic heterocycles. The molecular formula is C15H24N4O3S. The summed E-state index contributed by atoms with van der Waals surface area (Å²) in [5.74, 6) is 0.220. The van der Waals surface area contributed by atoms with Crippen molar-refractivity contribution in [2.75, 3.05) is 19.1 Å². The normalized spacial score (nSPS) is 13.4. The van der Waals surface area contributed by atoms with Crippen molar-refractivity contribution in [1.29, 1.82) is 0 Å². The summed E-state index contributed by atoms with van der Waals surface area (Å²) in [5.41, 5.74) is 6.60. The van der Waals surface area contributed by atoms with Crippen molar-refractivity contribution in [2.24, 2.45) is 10.7 Å². The summed E-state index contributed by atoms with van der Waals surface area (Å²) >= 11 is 0. The Hall–Kier alpha value is -2.09. The predicted octanol–water partition coefficient (Wildman–Crippen LogP) is 0.274. The van der Waals surface area contributed by atoms with Crippen LogP contribution in [0.2, 0.25) is 0 Å². The summed E-state index contributed by atoms with van der Waals surface area (Å²) in [5, 5.41) is 6.25. The maximum atomic E-state index is 11.2. The van der Waals surface area contributed by atoms with Gasteiger partial charge in [-0.1, -0.05) is 12.1 Å². The number of hydrogen-bond acceptors (Lipinski definition) is 4. The van der Waals surface area contributed by atoms with Crippen LogP contribution in [-0.2, 0) is 16.4 Å². The van der Waals surface area contributed by atoms with Gasteiger partial charge in [0.1, 0.15) is 9.84 Å². The Balaban J connectivity index is 2.54. The monoisotopic (exact) mass is 340 g/mol. The van der Waals surface area contributed by atoms with Gasteiger partial charge < -0.3 is 16.4 Å². The van der Waals surface area contributed by atoms with Gasteiger partial charge in [0.2, 0.25) is 5.91 Å². The summed E-state index contributed by atoms with van der Waals surface area (Å²) in [6.45, 7) is 2.37. The van der Waals surface area contributed by atoms with Crippen LogP contribution >= 0.6 is 0 Å². The number of nitrogens with zero attached hydrogens (tertiary/aromatic N) is 1. The highest BCUT2D eigenvalue weighted by atomic mass is 32.2. The van der Waals surface area contributed by atoms with Crippen LogP contribution in [0.15, 0.2) is 29.3 Å². The fourth-order valence-electron chi connectivity index (χ4n) is 1.91. The van der Waals surface area contributed by atoms with Crippen LogP contribution in [0.4, 0.5) is 0 Å². The number of guanidine groups is 1. The van der Waals surface area contributed by atoms with Gasteiger partial charge in [-0.05, 0) is 31.0 Å². The van der Waals surface area contributed by atoms with Crippen molar-refractivity contribution in [2.45, 2.75) is 25.9 Å². The maximum Gasteiger partial charge on any atom is 0.248 e. The van der Waals surface area contributed by atoms with Crippen molar-refractivity contribution in [1.82, 2.24) is 10.6 Å². The van der Waals surface area contributed by atoms with Gasteiger partial charge >= 0.3 is 0 Å². The van der Waals surface area contributed by atoms with E-state index in [0.717, 1.165) is 5.56 Å². The van der Waals surface area contributed by atoms with Gasteiger partial charge in [-0.2, -0.15) is 0 Å². The summed E-state index contributed by atoms with van der Waals surface area (Å²) in [6, 6.07) is 6.98. The molecule has 0 radical (unpaired) electrons. The van der Waals surface area contributed by atoms with Crippen LogP contribution < -0.4 is 16.4 Å². The van der Waals surface area contributed by atoms with E-state index in [4.69, 9.17) is 5.73 Å². The number of nitrogens with one attached hydrogen (secondary N) is 2. The molecule has 1 unspecified atom stereocenters. The first-order valence-corrected chi connectivity index (χ1v) is 9.31. The molecule has 1 rings (SSSR count). The summed E-state index contributed by atoms with van der Waals surface area (Å²) in [4.78, 5) is 15.3. The zero-order chi connectivity index (χ0) is 17.5. The van der Waals surface area contributed by atoms with E-state index in [1.807, 2.05) is 13.0 Å². The average molecular weight is 340 g/mol. The third-order valence-electron chi connectivity index (χ3n) is 3.20. The van der Waals surface area contributed by atoms with E-state index in [9.17, 15) is 13.2 Å². The predicted molar refractivity (Wildman–Crippen MR) is 92.1 cm³/mol. The average Bonchev–Trinajstić information content (AvgIpc) is 2.49. The lowest BCUT2D eigenvalue weighted by molar-refractivity contribution is 0.1000. The number of primary amides is 1. The topological polar surface area (TPSA) is 114 Å². The molecule has 1 aromatic carbocycles. The molecule has 0 bridgehead atoms. The number of carbonyl (C=O) groups is 1. The van der Waals surface area contributed by atoms with E-state index in [1.54, 1.807) is 25.2 Å². The highest BCUT2D eigenvalue weighted by Crippen LogP contribution is 2.04. The van der Waals surface area contributed by atoms with E-state index in [1.165, 1.54) is 6.26 Å². The number of aliphatic imine (C=N–C) groups is 1. The second-order valence-corrected chi connectivity index (χ2v) is 7.71. The molecule has 0 aliphatic carbocycles. The minimum absolute atomic E-state index is 0.0344. The molecule has 7 nitrogen and oxygen atoms in total. The Bertz CT molecular complexity index is 671. The van der Waals surface area contributed by atoms with Crippen molar-refractivity contribution in [3.05, 3.63) is 35.4 Å². The van der Waals surface area contributed by atoms with Gasteiger partial charge in [0.25, 0.3) is 0 Å². The SMILES string of the molecule is CN=C(NCc1cccc(C(N)=O)c1)NC(C)CCS(C)(=O)=O. The Labute approximate surface area is 137 Å². The van der Waals surface area contributed by atoms with Gasteiger partial charge in [-0.15, -0.1) is 0 Å². The van der Waals surface area contributed by atoms with Crippen LogP contribution in [0.3, 0.4) is 0 Å². The molecule has 0 fully saturated rings. The first-order valence-electron chi connectivity index (χ1n) is 7.25. The fraction of sp³-hybridized carbons (Fsp3) is 0.467. The third-order valence-corrected chi connectivity index (χ3v) is 4.18. The molecule has 1 aromatic rings. The molecule has 0 aliphatic rings. The molecule has 23 heavy (non-hydrogen) atoms. The lowest BCUT2D eigenvalue weighted by Gasteiger charge is -2.17. The van der Waals surface area contributed by atoms with E-state index < -0.39 is 15.7 Å². The van der Waals surface area contributed by atoms with Crippen LogP contribution in [0, 0.1) is 0 Å². The van der Waals surface area contributed by atoms with Crippen molar-refractivity contribution in [3.63, 3.8) is 0 Å². The number of hydrogen-bond donors (Lipinski definition) is 3. The van der Waals surface area contributed by atoms with Gasteiger partial charge in [-0.3, -0.25) is 9.79 Å². The Morgan fingerprint density at radius 3 is 2.65 bits per heavy atom. The lowest BCUT2D eigenvalue weighted by atomic mass is 10.1. The molecule has 4 N–H and O–H groups in total. The van der Waals surface area contributed by atoms with Crippen molar-refractivity contribution < 1.29 is 13.2 Å². The maximum absolute atomic E-state index is 11.2. The molecule has 0 saturated carbocycles. The molecule has 8 heteroatoms. The van der Waals surface area contributed by atoms with Gasteiger partial charge in [0.15, 0.2) is 5.96 Å². The first-order chi connectivity index (χ1) is 10.7. The minimum atomic E-state index is -2.97. The number of sulfone groups is 1. The number of nitrogens with two attached hydrogens (primary N) is 1. The number of amides is 1. The highest BCUT2D eigenvalue weighted by Gasteiger charge is 2.09. The smallest absolute Gasteiger partial charge is 0.248 e. The summed E-state index contributed by atoms with van der Waals surface area (Å²) in [6.07, 6.45) is 1.72. The molecule has 0 saturated heterocycles. The van der Waals surface area contributed by atoms with E-state index in [-0.39, 0.29) is 11.8 Å². The molecule has 128 valence electrons. The third kappa shape index (κ3) is 7.64. The summed E-state index contributed by atoms with van der Waals surface area (Å²) < 4.78 is 22.4. The molecule has 0 aromatic heterocycles. The Kier molecular flexibility index (Phi) is 7.02. The van der Waals surface area contributed by atoms with E-state index >= 15 is 0 Å². The molecule has 0 spiro atoms. The zero-order valence-corrected chi connectivity index (χ0v) is 14.5. The van der Waals surface area contributed by atoms with Crippen molar-refractivity contribution in [3.8, 4) is 0 Å². The minimum Gasteiger partial charge on any atom is -0.366 e. The molecule has 1 amide bonds. The van der Waals surface area contributed by atoms with E-state index in [2.05, 4.69) is 15.6 Å². The first kappa shape index (κ1) is 19.0. The van der Waals surface area contributed by atoms with Crippen LogP contribution in [-0.4, -0.2) is 45.4 Å². The quantitative estimate of drug-likeness (QED) is 0.487. The number of benzene rings is 1. The Morgan fingerprint density at radius 2 is 2.09 bits per heavy atom. The Morgan fingerprint density at radius 1 is 1.39 bits per heavy atom. The number of rotatable bonds is 7. The molecule has 0 heterocycles. The fourth-order valence-corrected chi connectivity index (χ4v) is 2.69. The molecule has 1 atom stereocenters. The largest absolute Gasteiger partial charge is 0.366 e. The second kappa shape index (κ2) is 8.52. The van der Waals surface area contributed by atoms with Crippen LogP contribution in [0.25, 0.3) is 0 Å². The van der Waals surface area contributed by atoms with Gasteiger partial charge in [-0.25, -0.2) is 8.42 Å². The van der Waals surface area contributed by atoms with E-state index in [0.29, 0.717) is 24.5 Å². The van der Waals surface area contributed by atoms with Crippen LogP contribution in [0.1, 0.15) is 29.3 Å². The highest BCUT2D eigenvalue weighted by molar-refractivity contribution is 7.90. The van der Waals surface area contributed by atoms with Gasteiger partial charge in [0.05, 0.1) is 5.75 Å².